The second kappa shape index (κ2) is 7.33. The van der Waals surface area contributed by atoms with Crippen molar-refractivity contribution in [2.45, 2.75) is 46.3 Å². The van der Waals surface area contributed by atoms with Crippen molar-refractivity contribution in [3.05, 3.63) is 0 Å². The first kappa shape index (κ1) is 16.9. The molecule has 0 aliphatic heterocycles. The molecule has 0 heterocycles. The fraction of sp³-hybridized carbons (Fsp3) is 0.833. The summed E-state index contributed by atoms with van der Waals surface area (Å²) in [4.78, 5) is 22.4. The first-order valence-electron chi connectivity index (χ1n) is 6.05. The lowest BCUT2D eigenvalue weighted by molar-refractivity contribution is -0.140. The highest BCUT2D eigenvalue weighted by molar-refractivity contribution is 5.82. The fourth-order valence-corrected chi connectivity index (χ4v) is 1.34. The van der Waals surface area contributed by atoms with E-state index >= 15 is 0 Å². The second-order valence-corrected chi connectivity index (χ2v) is 5.26. The summed E-state index contributed by atoms with van der Waals surface area (Å²) in [6, 6.07) is -0.635. The highest BCUT2D eigenvalue weighted by Gasteiger charge is 2.27. The molecule has 0 aromatic rings. The van der Waals surface area contributed by atoms with E-state index in [0.29, 0.717) is 6.61 Å². The molecular weight excluding hydrogens is 236 g/mol. The van der Waals surface area contributed by atoms with E-state index in [1.807, 2.05) is 20.8 Å². The third-order valence-corrected chi connectivity index (χ3v) is 2.52. The van der Waals surface area contributed by atoms with Crippen LogP contribution in [0.3, 0.4) is 0 Å². The highest BCUT2D eigenvalue weighted by Crippen LogP contribution is 2.17. The number of carbonyl (C=O) groups excluding carboxylic acids is 1. The molecule has 0 radical (unpaired) electrons. The van der Waals surface area contributed by atoms with Gasteiger partial charge < -0.3 is 20.9 Å². The highest BCUT2D eigenvalue weighted by atomic mass is 16.5. The van der Waals surface area contributed by atoms with Crippen molar-refractivity contribution in [3.8, 4) is 0 Å². The predicted molar refractivity (Wildman–Crippen MR) is 68.1 cm³/mol. The molecule has 1 amide bonds. The number of ether oxygens (including phenoxy) is 1. The Bertz CT molecular complexity index is 286. The molecule has 4 N–H and O–H groups in total. The van der Waals surface area contributed by atoms with Crippen LogP contribution in [0.5, 0.6) is 0 Å². The summed E-state index contributed by atoms with van der Waals surface area (Å²) in [6.07, 6.45) is -0.664. The van der Waals surface area contributed by atoms with Gasteiger partial charge in [-0.05, 0) is 12.3 Å². The molecule has 0 aromatic heterocycles. The van der Waals surface area contributed by atoms with E-state index in [0.717, 1.165) is 0 Å². The van der Waals surface area contributed by atoms with Gasteiger partial charge in [0.15, 0.2) is 0 Å². The number of nitrogens with two attached hydrogens (primary N) is 1. The van der Waals surface area contributed by atoms with Crippen molar-refractivity contribution < 1.29 is 19.4 Å². The van der Waals surface area contributed by atoms with Gasteiger partial charge >= 0.3 is 5.97 Å². The molecule has 0 aromatic carbocycles. The van der Waals surface area contributed by atoms with Crippen LogP contribution in [0.1, 0.15) is 34.1 Å². The topological polar surface area (TPSA) is 102 Å². The van der Waals surface area contributed by atoms with Crippen molar-refractivity contribution in [3.63, 3.8) is 0 Å². The standard InChI is InChI=1S/C12H24N2O4/c1-5-18-8(6-9(15)16)7-14-11(17)10(13)12(2,3)4/h8,10H,5-7,13H2,1-4H3,(H,14,17)(H,15,16)/t8?,10-/m0/s1. The molecule has 0 aliphatic carbocycles. The van der Waals surface area contributed by atoms with Gasteiger partial charge in [0.2, 0.25) is 5.91 Å². The summed E-state index contributed by atoms with van der Waals surface area (Å²) in [5.74, 6) is -1.25. The van der Waals surface area contributed by atoms with Gasteiger partial charge in [-0.15, -0.1) is 0 Å². The number of aliphatic carboxylic acids is 1. The Morgan fingerprint density at radius 2 is 1.94 bits per heavy atom. The van der Waals surface area contributed by atoms with Crippen LogP contribution in [0.2, 0.25) is 0 Å². The molecule has 0 aliphatic rings. The zero-order valence-electron chi connectivity index (χ0n) is 11.5. The minimum atomic E-state index is -0.956. The molecule has 6 heteroatoms. The maximum atomic E-state index is 11.7. The van der Waals surface area contributed by atoms with Crippen molar-refractivity contribution in [2.24, 2.45) is 11.1 Å². The van der Waals surface area contributed by atoms with Gasteiger partial charge in [-0.1, -0.05) is 20.8 Å². The van der Waals surface area contributed by atoms with Gasteiger partial charge in [-0.3, -0.25) is 9.59 Å². The van der Waals surface area contributed by atoms with E-state index in [4.69, 9.17) is 15.6 Å². The Balaban J connectivity index is 4.26. The van der Waals surface area contributed by atoms with Gasteiger partial charge in [0.05, 0.1) is 18.6 Å². The van der Waals surface area contributed by atoms with E-state index in [1.54, 1.807) is 6.92 Å². The Labute approximate surface area is 108 Å². The van der Waals surface area contributed by atoms with Crippen LogP contribution < -0.4 is 11.1 Å². The Hall–Kier alpha value is -1.14. The molecule has 1 unspecified atom stereocenters. The Morgan fingerprint density at radius 1 is 1.39 bits per heavy atom. The number of hydrogen-bond donors (Lipinski definition) is 3. The van der Waals surface area contributed by atoms with Crippen LogP contribution in [0.15, 0.2) is 0 Å². The summed E-state index contributed by atoms with van der Waals surface area (Å²) < 4.78 is 5.23. The van der Waals surface area contributed by atoms with Gasteiger partial charge in [-0.25, -0.2) is 0 Å². The number of carbonyl (C=O) groups is 2. The van der Waals surface area contributed by atoms with Crippen molar-refractivity contribution >= 4 is 11.9 Å². The van der Waals surface area contributed by atoms with Crippen LogP contribution in [0.4, 0.5) is 0 Å². The van der Waals surface area contributed by atoms with Gasteiger partial charge in [0.25, 0.3) is 0 Å². The zero-order chi connectivity index (χ0) is 14.3. The second-order valence-electron chi connectivity index (χ2n) is 5.26. The number of amides is 1. The third kappa shape index (κ3) is 6.56. The van der Waals surface area contributed by atoms with Crippen LogP contribution in [0, 0.1) is 5.41 Å². The molecule has 0 saturated heterocycles. The predicted octanol–water partition coefficient (Wildman–Crippen LogP) is 0.356. The summed E-state index contributed by atoms with van der Waals surface area (Å²) in [7, 11) is 0. The number of rotatable bonds is 7. The summed E-state index contributed by atoms with van der Waals surface area (Å²) in [5.41, 5.74) is 5.45. The fourth-order valence-electron chi connectivity index (χ4n) is 1.34. The van der Waals surface area contributed by atoms with E-state index in [-0.39, 0.29) is 24.3 Å². The van der Waals surface area contributed by atoms with Crippen LogP contribution in [-0.2, 0) is 14.3 Å². The third-order valence-electron chi connectivity index (χ3n) is 2.52. The zero-order valence-corrected chi connectivity index (χ0v) is 11.5. The Kier molecular flexibility index (Phi) is 6.86. The van der Waals surface area contributed by atoms with E-state index < -0.39 is 18.1 Å². The smallest absolute Gasteiger partial charge is 0.306 e. The lowest BCUT2D eigenvalue weighted by atomic mass is 9.87. The summed E-state index contributed by atoms with van der Waals surface area (Å²) in [5, 5.41) is 11.3. The minimum Gasteiger partial charge on any atom is -0.481 e. The van der Waals surface area contributed by atoms with E-state index in [9.17, 15) is 9.59 Å². The lowest BCUT2D eigenvalue weighted by Gasteiger charge is -2.26. The quantitative estimate of drug-likeness (QED) is 0.613. The number of hydrogen-bond acceptors (Lipinski definition) is 4. The maximum Gasteiger partial charge on any atom is 0.306 e. The van der Waals surface area contributed by atoms with Crippen LogP contribution in [0.25, 0.3) is 0 Å². The molecular formula is C12H24N2O4. The molecule has 18 heavy (non-hydrogen) atoms. The molecule has 2 atom stereocenters. The molecule has 0 bridgehead atoms. The average molecular weight is 260 g/mol. The molecule has 0 saturated carbocycles. The maximum absolute atomic E-state index is 11.7. The molecule has 106 valence electrons. The molecule has 0 spiro atoms. The normalized spacial score (nSPS) is 14.9. The van der Waals surface area contributed by atoms with Gasteiger partial charge in [0, 0.05) is 13.2 Å². The van der Waals surface area contributed by atoms with E-state index in [1.165, 1.54) is 0 Å². The summed E-state index contributed by atoms with van der Waals surface area (Å²) >= 11 is 0. The number of nitrogens with one attached hydrogen (secondary N) is 1. The van der Waals surface area contributed by atoms with E-state index in [2.05, 4.69) is 5.32 Å². The lowest BCUT2D eigenvalue weighted by Crippen LogP contribution is -2.50. The molecule has 6 nitrogen and oxygen atoms in total. The first-order chi connectivity index (χ1) is 8.18. The average Bonchev–Trinajstić information content (AvgIpc) is 2.22. The first-order valence-corrected chi connectivity index (χ1v) is 6.05. The Morgan fingerprint density at radius 3 is 2.33 bits per heavy atom. The van der Waals surface area contributed by atoms with Gasteiger partial charge in [-0.2, -0.15) is 0 Å². The van der Waals surface area contributed by atoms with Crippen molar-refractivity contribution in [1.29, 1.82) is 0 Å². The summed E-state index contributed by atoms with van der Waals surface area (Å²) in [6.45, 7) is 7.94. The molecule has 0 rings (SSSR count). The van der Waals surface area contributed by atoms with Crippen molar-refractivity contribution in [1.82, 2.24) is 5.32 Å². The van der Waals surface area contributed by atoms with Gasteiger partial charge in [0.1, 0.15) is 0 Å². The SMILES string of the molecule is CCOC(CNC(=O)[C@H](N)C(C)(C)C)CC(=O)O. The molecule has 0 fully saturated rings. The minimum absolute atomic E-state index is 0.140. The number of carboxylic acids is 1. The number of carboxylic acid groups (broad SMARTS) is 1. The van der Waals surface area contributed by atoms with Crippen LogP contribution >= 0.6 is 0 Å². The van der Waals surface area contributed by atoms with Crippen molar-refractivity contribution in [2.75, 3.05) is 13.2 Å². The largest absolute Gasteiger partial charge is 0.481 e. The monoisotopic (exact) mass is 260 g/mol. The van der Waals surface area contributed by atoms with Crippen LogP contribution in [-0.4, -0.2) is 42.3 Å².